The highest BCUT2D eigenvalue weighted by molar-refractivity contribution is 8.14. The molecule has 0 saturated carbocycles. The number of hydrogen-bond donors (Lipinski definition) is 2. The summed E-state index contributed by atoms with van der Waals surface area (Å²) in [4.78, 5) is 42.0. The van der Waals surface area contributed by atoms with Gasteiger partial charge in [0.1, 0.15) is 5.82 Å². The number of carbonyl (C=O) groups is 3. The van der Waals surface area contributed by atoms with Gasteiger partial charge >= 0.3 is 5.97 Å². The summed E-state index contributed by atoms with van der Waals surface area (Å²) in [5.74, 6) is -1.63. The zero-order valence-corrected chi connectivity index (χ0v) is 24.3. The number of carboxylic acid groups (broad SMARTS) is 1. The van der Waals surface area contributed by atoms with Crippen LogP contribution in [0.2, 0.25) is 0 Å². The van der Waals surface area contributed by atoms with E-state index >= 15 is 0 Å². The predicted octanol–water partition coefficient (Wildman–Crippen LogP) is 5.71. The normalized spacial score (nSPS) is 11.9. The van der Waals surface area contributed by atoms with E-state index < -0.39 is 17.0 Å². The second-order valence-electron chi connectivity index (χ2n) is 9.76. The number of amides is 1. The largest absolute Gasteiger partial charge is 0.478 e. The Kier molecular flexibility index (Phi) is 10.9. The van der Waals surface area contributed by atoms with Crippen molar-refractivity contribution in [1.29, 1.82) is 0 Å². The van der Waals surface area contributed by atoms with Gasteiger partial charge in [0, 0.05) is 6.92 Å². The van der Waals surface area contributed by atoms with Gasteiger partial charge in [0.2, 0.25) is 5.91 Å². The number of thioether (sulfide) groups is 1. The summed E-state index contributed by atoms with van der Waals surface area (Å²) in [7, 11) is 0. The van der Waals surface area contributed by atoms with E-state index in [2.05, 4.69) is 10.3 Å². The van der Waals surface area contributed by atoms with Crippen LogP contribution in [0.1, 0.15) is 68.3 Å². The number of rotatable bonds is 13. The fraction of sp³-hybridized carbons (Fsp3) is 0.400. The second-order valence-corrected chi connectivity index (χ2v) is 11.1. The van der Waals surface area contributed by atoms with Crippen molar-refractivity contribution >= 4 is 28.8 Å². The topological polar surface area (TPSA) is 111 Å². The average Bonchev–Trinajstić information content (AvgIpc) is 3.22. The summed E-state index contributed by atoms with van der Waals surface area (Å²) in [6.45, 7) is 9.78. The number of carbonyl (C=O) groups excluding carboxylic acids is 2. The molecule has 2 aromatic carbocycles. The van der Waals surface area contributed by atoms with Crippen molar-refractivity contribution in [1.82, 2.24) is 14.9 Å². The van der Waals surface area contributed by atoms with Crippen molar-refractivity contribution in [2.75, 3.05) is 6.61 Å². The van der Waals surface area contributed by atoms with Gasteiger partial charge in [-0.2, -0.15) is 4.98 Å². The molecule has 1 heterocycles. The van der Waals surface area contributed by atoms with Gasteiger partial charge in [-0.05, 0) is 54.5 Å². The molecule has 0 unspecified atom stereocenters. The van der Waals surface area contributed by atoms with E-state index in [1.807, 2.05) is 27.7 Å². The number of carboxylic acids is 1. The van der Waals surface area contributed by atoms with Crippen LogP contribution >= 0.6 is 11.8 Å². The maximum atomic E-state index is 14.0. The van der Waals surface area contributed by atoms with Gasteiger partial charge in [0.05, 0.1) is 41.9 Å². The zero-order chi connectivity index (χ0) is 29.4. The number of halogens is 1. The Labute approximate surface area is 238 Å². The number of imidazole rings is 1. The molecule has 1 aromatic heterocycles. The molecular weight excluding hydrogens is 533 g/mol. The third-order valence-electron chi connectivity index (χ3n) is 6.27. The minimum atomic E-state index is -1.14. The van der Waals surface area contributed by atoms with Gasteiger partial charge in [0.25, 0.3) is 6.01 Å². The monoisotopic (exact) mass is 569 g/mol. The van der Waals surface area contributed by atoms with Crippen LogP contribution in [0.15, 0.2) is 42.5 Å². The van der Waals surface area contributed by atoms with Gasteiger partial charge < -0.3 is 15.2 Å². The maximum Gasteiger partial charge on any atom is 0.336 e. The van der Waals surface area contributed by atoms with E-state index in [-0.39, 0.29) is 35.6 Å². The van der Waals surface area contributed by atoms with Crippen LogP contribution in [0.25, 0.3) is 11.1 Å². The highest BCUT2D eigenvalue weighted by atomic mass is 32.2. The summed E-state index contributed by atoms with van der Waals surface area (Å²) >= 11 is 1.02. The highest BCUT2D eigenvalue weighted by Gasteiger charge is 2.25. The number of nitrogens with one attached hydrogen (secondary N) is 1. The third kappa shape index (κ3) is 7.71. The zero-order valence-electron chi connectivity index (χ0n) is 23.5. The van der Waals surface area contributed by atoms with Gasteiger partial charge in [-0.3, -0.25) is 14.2 Å². The quantitative estimate of drug-likeness (QED) is 0.271. The molecule has 8 nitrogen and oxygen atoms in total. The van der Waals surface area contributed by atoms with E-state index in [1.54, 1.807) is 28.8 Å². The molecular formula is C30H36FN3O5S. The molecule has 0 radical (unpaired) electrons. The fourth-order valence-corrected chi connectivity index (χ4v) is 5.64. The minimum Gasteiger partial charge on any atom is -0.478 e. The summed E-state index contributed by atoms with van der Waals surface area (Å²) < 4.78 is 21.6. The average molecular weight is 570 g/mol. The van der Waals surface area contributed by atoms with E-state index in [0.29, 0.717) is 53.5 Å². The molecule has 2 N–H and O–H groups in total. The van der Waals surface area contributed by atoms with E-state index in [1.165, 1.54) is 25.1 Å². The molecule has 0 bridgehead atoms. The first-order chi connectivity index (χ1) is 19.0. The van der Waals surface area contributed by atoms with Crippen LogP contribution in [-0.4, -0.2) is 43.5 Å². The molecule has 3 aromatic rings. The number of hydrogen-bond acceptors (Lipinski definition) is 6. The molecule has 214 valence electrons. The lowest BCUT2D eigenvalue weighted by molar-refractivity contribution is -0.121. The third-order valence-corrected chi connectivity index (χ3v) is 7.30. The number of aryl methyl sites for hydroxylation is 1. The summed E-state index contributed by atoms with van der Waals surface area (Å²) in [6, 6.07) is 11.2. The van der Waals surface area contributed by atoms with Crippen LogP contribution < -0.4 is 10.1 Å². The summed E-state index contributed by atoms with van der Waals surface area (Å²) in [5.41, 5.74) is 2.77. The first-order valence-corrected chi connectivity index (χ1v) is 14.2. The molecule has 0 aliphatic carbocycles. The molecule has 0 saturated heterocycles. The van der Waals surface area contributed by atoms with Crippen molar-refractivity contribution in [3.05, 3.63) is 70.8 Å². The molecule has 1 atom stereocenters. The standard InChI is InChI=1S/C30H36FN3O5S/c1-6-24-25(16-32-28(36)26(14-18(3)4)40-19(5)35)34(30(33-24)39-7-2)17-21-11-9-13-23(27(21)29(37)38)20-10-8-12-22(31)15-20/h8-13,15,18,26H,6-7,14,16-17H2,1-5H3,(H,32,36)(H,37,38)/t26-/m0/s1. The Morgan fingerprint density at radius 2 is 1.88 bits per heavy atom. The lowest BCUT2D eigenvalue weighted by Gasteiger charge is -2.19. The first kappa shape index (κ1) is 30.9. The van der Waals surface area contributed by atoms with Gasteiger partial charge in [-0.25, -0.2) is 9.18 Å². The number of aromatic carboxylic acids is 1. The second kappa shape index (κ2) is 14.1. The SMILES string of the molecule is CCOc1nc(CC)c(CNC(=O)[C@H](CC(C)C)SC(C)=O)n1Cc1cccc(-c2cccc(F)c2)c1C(=O)O. The Balaban J connectivity index is 2.03. The van der Waals surface area contributed by atoms with Crippen LogP contribution in [0, 0.1) is 11.7 Å². The van der Waals surface area contributed by atoms with Gasteiger partial charge in [0.15, 0.2) is 5.12 Å². The molecule has 10 heteroatoms. The molecule has 0 aliphatic rings. The molecule has 40 heavy (non-hydrogen) atoms. The summed E-state index contributed by atoms with van der Waals surface area (Å²) in [6.07, 6.45) is 1.11. The lowest BCUT2D eigenvalue weighted by Crippen LogP contribution is -2.34. The Morgan fingerprint density at radius 1 is 1.15 bits per heavy atom. The summed E-state index contributed by atoms with van der Waals surface area (Å²) in [5, 5.41) is 12.5. The Morgan fingerprint density at radius 3 is 2.48 bits per heavy atom. The van der Waals surface area contributed by atoms with Gasteiger partial charge in [-0.15, -0.1) is 0 Å². The van der Waals surface area contributed by atoms with E-state index in [0.717, 1.165) is 11.8 Å². The smallest absolute Gasteiger partial charge is 0.336 e. The van der Waals surface area contributed by atoms with Crippen LogP contribution in [0.5, 0.6) is 6.01 Å². The van der Waals surface area contributed by atoms with Crippen molar-refractivity contribution in [3.8, 4) is 17.1 Å². The van der Waals surface area contributed by atoms with E-state index in [4.69, 9.17) is 4.74 Å². The van der Waals surface area contributed by atoms with Crippen LogP contribution in [0.3, 0.4) is 0 Å². The molecule has 0 spiro atoms. The Hall–Kier alpha value is -3.66. The van der Waals surface area contributed by atoms with Crippen molar-refractivity contribution in [3.63, 3.8) is 0 Å². The van der Waals surface area contributed by atoms with E-state index in [9.17, 15) is 23.9 Å². The van der Waals surface area contributed by atoms with Crippen molar-refractivity contribution < 1.29 is 28.6 Å². The minimum absolute atomic E-state index is 0.0483. The van der Waals surface area contributed by atoms with Crippen LogP contribution in [-0.2, 0) is 29.1 Å². The number of benzene rings is 2. The predicted molar refractivity (Wildman–Crippen MR) is 154 cm³/mol. The molecule has 0 aliphatic heterocycles. The Bertz CT molecular complexity index is 1370. The number of aromatic nitrogens is 2. The van der Waals surface area contributed by atoms with Crippen molar-refractivity contribution in [2.24, 2.45) is 5.92 Å². The first-order valence-electron chi connectivity index (χ1n) is 13.3. The van der Waals surface area contributed by atoms with Crippen LogP contribution in [0.4, 0.5) is 4.39 Å². The molecule has 3 rings (SSSR count). The molecule has 1 amide bonds. The number of ether oxygens (including phenoxy) is 1. The number of nitrogens with zero attached hydrogens (tertiary/aromatic N) is 2. The fourth-order valence-electron chi connectivity index (χ4n) is 4.57. The lowest BCUT2D eigenvalue weighted by atomic mass is 9.95. The molecule has 0 fully saturated rings. The van der Waals surface area contributed by atoms with Crippen molar-refractivity contribution in [2.45, 2.75) is 65.8 Å². The van der Waals surface area contributed by atoms with Gasteiger partial charge in [-0.1, -0.05) is 62.9 Å². The maximum absolute atomic E-state index is 14.0. The highest BCUT2D eigenvalue weighted by Crippen LogP contribution is 2.30.